The maximum Gasteiger partial charge on any atom is 0.407 e. The van der Waals surface area contributed by atoms with Gasteiger partial charge in [-0.2, -0.15) is 5.10 Å². The Labute approximate surface area is 169 Å². The van der Waals surface area contributed by atoms with Crippen LogP contribution in [-0.2, 0) is 9.53 Å². The van der Waals surface area contributed by atoms with Crippen LogP contribution in [0.2, 0.25) is 0 Å². The highest BCUT2D eigenvalue weighted by Crippen LogP contribution is 2.18. The van der Waals surface area contributed by atoms with Crippen LogP contribution < -0.4 is 10.7 Å². The Balaban J connectivity index is 1.66. The van der Waals surface area contributed by atoms with E-state index in [0.29, 0.717) is 0 Å². The second-order valence-corrected chi connectivity index (χ2v) is 6.39. The number of fused-ring (bicyclic) bond motifs is 1. The van der Waals surface area contributed by atoms with Crippen molar-refractivity contribution in [3.05, 3.63) is 83.9 Å². The number of hydrogen-bond donors (Lipinski definition) is 2. The van der Waals surface area contributed by atoms with E-state index in [4.69, 9.17) is 4.74 Å². The van der Waals surface area contributed by atoms with Gasteiger partial charge in [0.25, 0.3) is 0 Å². The second kappa shape index (κ2) is 10.0. The summed E-state index contributed by atoms with van der Waals surface area (Å²) in [5.74, 6) is -0.313. The summed E-state index contributed by atoms with van der Waals surface area (Å²) < 4.78 is 4.94. The Morgan fingerprint density at radius 2 is 1.72 bits per heavy atom. The van der Waals surface area contributed by atoms with Crippen LogP contribution >= 0.6 is 0 Å². The van der Waals surface area contributed by atoms with Crippen molar-refractivity contribution in [2.75, 3.05) is 6.61 Å². The predicted molar refractivity (Wildman–Crippen MR) is 114 cm³/mol. The summed E-state index contributed by atoms with van der Waals surface area (Å²) in [7, 11) is 0. The third-order valence-electron chi connectivity index (χ3n) is 4.38. The van der Waals surface area contributed by atoms with Crippen LogP contribution in [0.3, 0.4) is 0 Å². The number of carbonyl (C=O) groups excluding carboxylic acids is 2. The minimum Gasteiger partial charge on any atom is -0.450 e. The molecule has 6 nitrogen and oxygen atoms in total. The first-order valence-corrected chi connectivity index (χ1v) is 9.45. The van der Waals surface area contributed by atoms with E-state index in [0.717, 1.165) is 21.9 Å². The van der Waals surface area contributed by atoms with Crippen molar-refractivity contribution in [3.8, 4) is 0 Å². The van der Waals surface area contributed by atoms with E-state index >= 15 is 0 Å². The molecule has 3 aromatic rings. The molecule has 2 N–H and O–H groups in total. The highest BCUT2D eigenvalue weighted by Gasteiger charge is 2.18. The molecule has 1 atom stereocenters. The Morgan fingerprint density at radius 3 is 2.52 bits per heavy atom. The summed E-state index contributed by atoms with van der Waals surface area (Å²) >= 11 is 0. The monoisotopic (exact) mass is 389 g/mol. The van der Waals surface area contributed by atoms with E-state index in [2.05, 4.69) is 15.8 Å². The van der Waals surface area contributed by atoms with E-state index in [1.807, 2.05) is 72.8 Å². The van der Waals surface area contributed by atoms with Crippen LogP contribution in [-0.4, -0.2) is 24.8 Å². The molecule has 0 bridgehead atoms. The van der Waals surface area contributed by atoms with Gasteiger partial charge in [0, 0.05) is 5.56 Å². The highest BCUT2D eigenvalue weighted by molar-refractivity contribution is 5.99. The lowest BCUT2D eigenvalue weighted by Gasteiger charge is -2.18. The molecule has 0 aliphatic carbocycles. The Morgan fingerprint density at radius 1 is 1.00 bits per heavy atom. The zero-order chi connectivity index (χ0) is 20.5. The molecular formula is C23H23N3O3. The van der Waals surface area contributed by atoms with Gasteiger partial charge in [-0.3, -0.25) is 4.79 Å². The smallest absolute Gasteiger partial charge is 0.407 e. The lowest BCUT2D eigenvalue weighted by Crippen LogP contribution is -2.33. The molecule has 0 saturated heterocycles. The number of nitrogens with zero attached hydrogens (tertiary/aromatic N) is 1. The molecule has 0 aliphatic rings. The molecule has 0 radical (unpaired) electrons. The number of ether oxygens (including phenoxy) is 1. The lowest BCUT2D eigenvalue weighted by molar-refractivity contribution is -0.121. The first kappa shape index (κ1) is 20.1. The molecule has 29 heavy (non-hydrogen) atoms. The molecule has 0 spiro atoms. The molecule has 148 valence electrons. The van der Waals surface area contributed by atoms with Gasteiger partial charge >= 0.3 is 6.09 Å². The Bertz CT molecular complexity index is 997. The fourth-order valence-corrected chi connectivity index (χ4v) is 3.02. The van der Waals surface area contributed by atoms with Crippen molar-refractivity contribution in [3.63, 3.8) is 0 Å². The third-order valence-corrected chi connectivity index (χ3v) is 4.38. The van der Waals surface area contributed by atoms with Gasteiger partial charge in [0.2, 0.25) is 5.91 Å². The Kier molecular flexibility index (Phi) is 6.95. The van der Waals surface area contributed by atoms with Gasteiger partial charge in [0.1, 0.15) is 0 Å². The standard InChI is InChI=1S/C23H23N3O3/c1-2-29-23(28)25-21(18-10-4-3-5-11-18)15-22(27)26-24-16-19-13-8-12-17-9-6-7-14-20(17)19/h3-14,16,21H,2,15H2,1H3,(H,25,28)(H,26,27)/b24-16-/t21-/m0/s1. The lowest BCUT2D eigenvalue weighted by atomic mass is 10.0. The maximum absolute atomic E-state index is 12.4. The number of nitrogens with one attached hydrogen (secondary N) is 2. The van der Waals surface area contributed by atoms with Gasteiger partial charge in [-0.15, -0.1) is 0 Å². The van der Waals surface area contributed by atoms with Crippen LogP contribution in [0.1, 0.15) is 30.5 Å². The molecule has 0 aliphatic heterocycles. The minimum absolute atomic E-state index is 0.0374. The van der Waals surface area contributed by atoms with E-state index in [1.54, 1.807) is 13.1 Å². The van der Waals surface area contributed by atoms with Crippen molar-refractivity contribution in [1.29, 1.82) is 0 Å². The van der Waals surface area contributed by atoms with Crippen molar-refractivity contribution in [2.45, 2.75) is 19.4 Å². The summed E-state index contributed by atoms with van der Waals surface area (Å²) in [6, 6.07) is 22.6. The van der Waals surface area contributed by atoms with Crippen molar-refractivity contribution in [1.82, 2.24) is 10.7 Å². The second-order valence-electron chi connectivity index (χ2n) is 6.39. The fourth-order valence-electron chi connectivity index (χ4n) is 3.02. The number of carbonyl (C=O) groups is 2. The minimum atomic E-state index is -0.562. The molecule has 6 heteroatoms. The van der Waals surface area contributed by atoms with E-state index < -0.39 is 12.1 Å². The molecule has 3 aromatic carbocycles. The van der Waals surface area contributed by atoms with Gasteiger partial charge < -0.3 is 10.1 Å². The van der Waals surface area contributed by atoms with Crippen LogP contribution in [0.5, 0.6) is 0 Å². The maximum atomic E-state index is 12.4. The molecule has 0 heterocycles. The van der Waals surface area contributed by atoms with Crippen LogP contribution in [0.4, 0.5) is 4.79 Å². The normalized spacial score (nSPS) is 11.9. The fraction of sp³-hybridized carbons (Fsp3) is 0.174. The van der Waals surface area contributed by atoms with E-state index in [1.165, 1.54) is 0 Å². The zero-order valence-electron chi connectivity index (χ0n) is 16.2. The van der Waals surface area contributed by atoms with Crippen molar-refractivity contribution in [2.24, 2.45) is 5.10 Å². The number of amides is 2. The summed E-state index contributed by atoms with van der Waals surface area (Å²) in [5.41, 5.74) is 4.26. The van der Waals surface area contributed by atoms with Gasteiger partial charge in [-0.25, -0.2) is 10.2 Å². The molecule has 0 aromatic heterocycles. The molecule has 2 amide bonds. The zero-order valence-corrected chi connectivity index (χ0v) is 16.2. The SMILES string of the molecule is CCOC(=O)N[C@@H](CC(=O)N/N=C\c1cccc2ccccc12)c1ccccc1. The highest BCUT2D eigenvalue weighted by atomic mass is 16.5. The molecule has 0 unspecified atom stereocenters. The number of rotatable bonds is 7. The number of benzene rings is 3. The van der Waals surface area contributed by atoms with E-state index in [-0.39, 0.29) is 18.9 Å². The predicted octanol–water partition coefficient (Wildman–Crippen LogP) is 4.17. The summed E-state index contributed by atoms with van der Waals surface area (Å²) in [4.78, 5) is 24.2. The van der Waals surface area contributed by atoms with Crippen LogP contribution in [0, 0.1) is 0 Å². The van der Waals surface area contributed by atoms with Gasteiger partial charge in [0.15, 0.2) is 0 Å². The first-order valence-electron chi connectivity index (χ1n) is 9.45. The first-order chi connectivity index (χ1) is 14.2. The number of hydrogen-bond acceptors (Lipinski definition) is 4. The average Bonchev–Trinajstić information content (AvgIpc) is 2.74. The van der Waals surface area contributed by atoms with Gasteiger partial charge in [-0.05, 0) is 23.3 Å². The summed E-state index contributed by atoms with van der Waals surface area (Å²) in [6.07, 6.45) is 1.10. The molecule has 0 saturated carbocycles. The topological polar surface area (TPSA) is 79.8 Å². The summed E-state index contributed by atoms with van der Waals surface area (Å²) in [6.45, 7) is 1.99. The average molecular weight is 389 g/mol. The molecule has 3 rings (SSSR count). The third kappa shape index (κ3) is 5.65. The van der Waals surface area contributed by atoms with Crippen LogP contribution in [0.25, 0.3) is 10.8 Å². The number of hydrazone groups is 1. The van der Waals surface area contributed by atoms with Gasteiger partial charge in [0.05, 0.1) is 25.3 Å². The Hall–Kier alpha value is -3.67. The van der Waals surface area contributed by atoms with E-state index in [9.17, 15) is 9.59 Å². The van der Waals surface area contributed by atoms with Crippen molar-refractivity contribution < 1.29 is 14.3 Å². The van der Waals surface area contributed by atoms with Gasteiger partial charge in [-0.1, -0.05) is 72.8 Å². The molecule has 0 fully saturated rings. The molecular weight excluding hydrogens is 366 g/mol. The summed E-state index contributed by atoms with van der Waals surface area (Å²) in [5, 5.41) is 8.97. The number of alkyl carbamates (subject to hydrolysis) is 1. The largest absolute Gasteiger partial charge is 0.450 e. The van der Waals surface area contributed by atoms with Crippen molar-refractivity contribution >= 4 is 29.0 Å². The quantitative estimate of drug-likeness (QED) is 0.470. The van der Waals surface area contributed by atoms with Crippen LogP contribution in [0.15, 0.2) is 77.9 Å².